The Bertz CT molecular complexity index is 446. The average molecular weight is 344 g/mol. The molecule has 1 aliphatic carbocycles. The zero-order valence-corrected chi connectivity index (χ0v) is 13.8. The van der Waals surface area contributed by atoms with Crippen LogP contribution in [0.25, 0.3) is 0 Å². The Hall–Kier alpha value is -0.450. The first kappa shape index (κ1) is 15.9. The summed E-state index contributed by atoms with van der Waals surface area (Å²) >= 11 is 3.42. The number of nitrogens with one attached hydrogen (secondary N) is 1. The van der Waals surface area contributed by atoms with Gasteiger partial charge in [0.05, 0.1) is 5.60 Å². The molecule has 2 nitrogen and oxygen atoms in total. The zero-order valence-electron chi connectivity index (χ0n) is 12.2. The summed E-state index contributed by atoms with van der Waals surface area (Å²) in [5.74, 6) is -0.141. The van der Waals surface area contributed by atoms with Crippen molar-refractivity contribution in [3.05, 3.63) is 34.1 Å². The lowest BCUT2D eigenvalue weighted by Crippen LogP contribution is -2.51. The van der Waals surface area contributed by atoms with Crippen molar-refractivity contribution in [1.29, 1.82) is 0 Å². The maximum absolute atomic E-state index is 14.0. The second-order valence-corrected chi connectivity index (χ2v) is 6.40. The highest BCUT2D eigenvalue weighted by Crippen LogP contribution is 2.37. The van der Waals surface area contributed by atoms with Gasteiger partial charge in [0.2, 0.25) is 0 Å². The normalized spacial score (nSPS) is 19.2. The van der Waals surface area contributed by atoms with Crippen LogP contribution in [0, 0.1) is 5.82 Å². The van der Waals surface area contributed by atoms with Gasteiger partial charge in [0.15, 0.2) is 0 Å². The molecule has 1 aromatic rings. The molecule has 1 aliphatic rings. The molecule has 1 aromatic carbocycles. The highest BCUT2D eigenvalue weighted by atomic mass is 79.9. The lowest BCUT2D eigenvalue weighted by Gasteiger charge is -2.37. The van der Waals surface area contributed by atoms with Crippen LogP contribution >= 0.6 is 15.9 Å². The van der Waals surface area contributed by atoms with Gasteiger partial charge < -0.3 is 10.1 Å². The first-order chi connectivity index (χ1) is 9.61. The molecule has 112 valence electrons. The number of halogens is 2. The average Bonchev–Trinajstić information content (AvgIpc) is 2.89. The van der Waals surface area contributed by atoms with E-state index in [0.717, 1.165) is 22.9 Å². The summed E-state index contributed by atoms with van der Waals surface area (Å²) in [5.41, 5.74) is 0.600. The maximum atomic E-state index is 14.0. The molecular formula is C16H23BrFNO. The van der Waals surface area contributed by atoms with Gasteiger partial charge in [-0.25, -0.2) is 4.39 Å². The van der Waals surface area contributed by atoms with Crippen molar-refractivity contribution in [2.45, 2.75) is 50.7 Å². The molecule has 1 fully saturated rings. The number of hydrogen-bond acceptors (Lipinski definition) is 2. The van der Waals surface area contributed by atoms with Crippen molar-refractivity contribution in [2.24, 2.45) is 0 Å². The van der Waals surface area contributed by atoms with Gasteiger partial charge in [-0.3, -0.25) is 0 Å². The van der Waals surface area contributed by atoms with E-state index in [0.29, 0.717) is 13.0 Å². The Kier molecular flexibility index (Phi) is 5.58. The van der Waals surface area contributed by atoms with Crippen LogP contribution in [0.4, 0.5) is 4.39 Å². The predicted octanol–water partition coefficient (Wildman–Crippen LogP) is 4.07. The van der Waals surface area contributed by atoms with Crippen LogP contribution in [-0.4, -0.2) is 25.3 Å². The third-order valence-corrected chi connectivity index (χ3v) is 4.79. The van der Waals surface area contributed by atoms with Crippen molar-refractivity contribution in [3.8, 4) is 0 Å². The van der Waals surface area contributed by atoms with E-state index < -0.39 is 0 Å². The predicted molar refractivity (Wildman–Crippen MR) is 83.5 cm³/mol. The molecule has 0 radical (unpaired) electrons. The second-order valence-electron chi connectivity index (χ2n) is 5.49. The quantitative estimate of drug-likeness (QED) is 0.840. The van der Waals surface area contributed by atoms with Gasteiger partial charge in [-0.1, -0.05) is 28.8 Å². The fraction of sp³-hybridized carbons (Fsp3) is 0.625. The summed E-state index contributed by atoms with van der Waals surface area (Å²) in [5, 5.41) is 3.36. The number of ether oxygens (including phenoxy) is 1. The fourth-order valence-corrected chi connectivity index (χ4v) is 3.73. The Morgan fingerprint density at radius 1 is 1.40 bits per heavy atom. The summed E-state index contributed by atoms with van der Waals surface area (Å²) in [6, 6.07) is 5.28. The van der Waals surface area contributed by atoms with E-state index in [1.807, 2.05) is 20.0 Å². The minimum atomic E-state index is -0.141. The van der Waals surface area contributed by atoms with Crippen LogP contribution in [0.1, 0.15) is 38.2 Å². The van der Waals surface area contributed by atoms with Crippen molar-refractivity contribution in [3.63, 3.8) is 0 Å². The monoisotopic (exact) mass is 343 g/mol. The molecule has 20 heavy (non-hydrogen) atoms. The fourth-order valence-electron chi connectivity index (χ4n) is 3.33. The molecule has 1 atom stereocenters. The molecule has 1 N–H and O–H groups in total. The van der Waals surface area contributed by atoms with Crippen LogP contribution in [-0.2, 0) is 11.2 Å². The van der Waals surface area contributed by atoms with Gasteiger partial charge in [-0.05, 0) is 57.0 Å². The lowest BCUT2D eigenvalue weighted by molar-refractivity contribution is -0.0598. The third-order valence-electron chi connectivity index (χ3n) is 4.30. The van der Waals surface area contributed by atoms with Crippen molar-refractivity contribution < 1.29 is 9.13 Å². The van der Waals surface area contributed by atoms with Crippen molar-refractivity contribution in [2.75, 3.05) is 13.7 Å². The van der Waals surface area contributed by atoms with Crippen LogP contribution in [0.15, 0.2) is 22.7 Å². The highest BCUT2D eigenvalue weighted by molar-refractivity contribution is 9.10. The van der Waals surface area contributed by atoms with E-state index in [2.05, 4.69) is 21.2 Å². The number of hydrogen-bond donors (Lipinski definition) is 1. The molecule has 0 saturated heterocycles. The zero-order chi connectivity index (χ0) is 14.6. The van der Waals surface area contributed by atoms with Gasteiger partial charge >= 0.3 is 0 Å². The molecule has 0 amide bonds. The summed E-state index contributed by atoms with van der Waals surface area (Å²) < 4.78 is 21.0. The van der Waals surface area contributed by atoms with E-state index in [1.165, 1.54) is 18.9 Å². The Morgan fingerprint density at radius 2 is 2.10 bits per heavy atom. The SMILES string of the molecule is CCOC1(C(Cc2cc(Br)ccc2F)NC)CCCC1. The van der Waals surface area contributed by atoms with Gasteiger partial charge in [0.1, 0.15) is 5.82 Å². The van der Waals surface area contributed by atoms with Gasteiger partial charge in [0.25, 0.3) is 0 Å². The molecule has 1 unspecified atom stereocenters. The van der Waals surface area contributed by atoms with Gasteiger partial charge in [-0.2, -0.15) is 0 Å². The van der Waals surface area contributed by atoms with Crippen molar-refractivity contribution in [1.82, 2.24) is 5.32 Å². The lowest BCUT2D eigenvalue weighted by atomic mass is 9.87. The van der Waals surface area contributed by atoms with Crippen LogP contribution in [0.3, 0.4) is 0 Å². The highest BCUT2D eigenvalue weighted by Gasteiger charge is 2.41. The molecule has 0 spiro atoms. The summed E-state index contributed by atoms with van der Waals surface area (Å²) in [7, 11) is 1.94. The van der Waals surface area contributed by atoms with E-state index >= 15 is 0 Å². The second kappa shape index (κ2) is 7.01. The standard InChI is InChI=1S/C16H23BrFNO/c1-3-20-16(8-4-5-9-16)15(19-2)11-12-10-13(17)6-7-14(12)18/h6-7,10,15,19H,3-5,8-9,11H2,1-2H3. The third kappa shape index (κ3) is 3.41. The Morgan fingerprint density at radius 3 is 2.70 bits per heavy atom. The summed E-state index contributed by atoms with van der Waals surface area (Å²) in [6.45, 7) is 2.74. The maximum Gasteiger partial charge on any atom is 0.126 e. The Labute approximate surface area is 129 Å². The van der Waals surface area contributed by atoms with Crippen molar-refractivity contribution >= 4 is 15.9 Å². The van der Waals surface area contributed by atoms with E-state index in [1.54, 1.807) is 6.07 Å². The van der Waals surface area contributed by atoms with E-state index in [-0.39, 0.29) is 17.5 Å². The van der Waals surface area contributed by atoms with Crippen LogP contribution in [0.5, 0.6) is 0 Å². The molecule has 2 rings (SSSR count). The van der Waals surface area contributed by atoms with E-state index in [4.69, 9.17) is 4.74 Å². The Balaban J connectivity index is 2.21. The smallest absolute Gasteiger partial charge is 0.126 e. The summed E-state index contributed by atoms with van der Waals surface area (Å²) in [6.07, 6.45) is 5.16. The van der Waals surface area contributed by atoms with E-state index in [9.17, 15) is 4.39 Å². The van der Waals surface area contributed by atoms with Crippen LogP contribution in [0.2, 0.25) is 0 Å². The molecule has 0 aromatic heterocycles. The van der Waals surface area contributed by atoms with Gasteiger partial charge in [0, 0.05) is 17.1 Å². The minimum absolute atomic E-state index is 0.141. The minimum Gasteiger partial charge on any atom is -0.374 e. The molecule has 0 heterocycles. The van der Waals surface area contributed by atoms with Crippen LogP contribution < -0.4 is 5.32 Å². The molecular weight excluding hydrogens is 321 g/mol. The number of rotatable bonds is 6. The first-order valence-electron chi connectivity index (χ1n) is 7.36. The molecule has 4 heteroatoms. The first-order valence-corrected chi connectivity index (χ1v) is 8.16. The molecule has 0 aliphatic heterocycles. The number of benzene rings is 1. The topological polar surface area (TPSA) is 21.3 Å². The number of likely N-dealkylation sites (N-methyl/N-ethyl adjacent to an activating group) is 1. The summed E-state index contributed by atoms with van der Waals surface area (Å²) in [4.78, 5) is 0. The van der Waals surface area contributed by atoms with Gasteiger partial charge in [-0.15, -0.1) is 0 Å². The molecule has 0 bridgehead atoms. The molecule has 1 saturated carbocycles. The largest absolute Gasteiger partial charge is 0.374 e.